The second-order valence-electron chi connectivity index (χ2n) is 6.38. The van der Waals surface area contributed by atoms with Crippen molar-refractivity contribution in [3.63, 3.8) is 0 Å². The normalized spacial score (nSPS) is 35.3. The maximum absolute atomic E-state index is 5.55. The van der Waals surface area contributed by atoms with Gasteiger partial charge in [0.15, 0.2) is 0 Å². The molecule has 0 radical (unpaired) electrons. The van der Waals surface area contributed by atoms with Crippen molar-refractivity contribution in [2.45, 2.75) is 65.2 Å². The van der Waals surface area contributed by atoms with Gasteiger partial charge in [-0.1, -0.05) is 39.5 Å². The first-order valence-corrected chi connectivity index (χ1v) is 8.13. The van der Waals surface area contributed by atoms with E-state index in [-0.39, 0.29) is 0 Å². The van der Waals surface area contributed by atoms with Gasteiger partial charge in [0.25, 0.3) is 0 Å². The molecule has 108 valence electrons. The first-order valence-electron chi connectivity index (χ1n) is 8.13. The topological polar surface area (TPSA) is 52.0 Å². The predicted octanol–water partition coefficient (Wildman–Crippen LogP) is 3.54. The van der Waals surface area contributed by atoms with Crippen LogP contribution < -0.4 is 11.5 Å². The second-order valence-corrected chi connectivity index (χ2v) is 6.38. The highest BCUT2D eigenvalue weighted by molar-refractivity contribution is 4.75. The molecule has 0 aliphatic heterocycles. The molecule has 0 amide bonds. The van der Waals surface area contributed by atoms with Crippen molar-refractivity contribution in [2.24, 2.45) is 35.1 Å². The Hall–Kier alpha value is -0.0800. The van der Waals surface area contributed by atoms with E-state index in [1.165, 1.54) is 51.4 Å². The third-order valence-corrected chi connectivity index (χ3v) is 5.12. The Balaban J connectivity index is 0.000000180. The second kappa shape index (κ2) is 8.92. The molecule has 2 rings (SSSR count). The fourth-order valence-electron chi connectivity index (χ4n) is 3.53. The van der Waals surface area contributed by atoms with Crippen molar-refractivity contribution in [3.8, 4) is 0 Å². The minimum Gasteiger partial charge on any atom is -0.330 e. The van der Waals surface area contributed by atoms with Gasteiger partial charge in [-0.3, -0.25) is 0 Å². The lowest BCUT2D eigenvalue weighted by Gasteiger charge is -2.05. The van der Waals surface area contributed by atoms with Crippen LogP contribution in [0.3, 0.4) is 0 Å². The smallest absolute Gasteiger partial charge is 0.00488 e. The van der Waals surface area contributed by atoms with Crippen LogP contribution in [0.4, 0.5) is 0 Å². The van der Waals surface area contributed by atoms with Crippen molar-refractivity contribution >= 4 is 0 Å². The Morgan fingerprint density at radius 1 is 0.667 bits per heavy atom. The van der Waals surface area contributed by atoms with Crippen LogP contribution in [0.15, 0.2) is 0 Å². The fraction of sp³-hybridized carbons (Fsp3) is 1.00. The van der Waals surface area contributed by atoms with Crippen molar-refractivity contribution in [1.82, 2.24) is 0 Å². The molecule has 4 atom stereocenters. The van der Waals surface area contributed by atoms with Gasteiger partial charge in [0.2, 0.25) is 0 Å². The van der Waals surface area contributed by atoms with E-state index in [0.717, 1.165) is 36.8 Å². The van der Waals surface area contributed by atoms with E-state index in [0.29, 0.717) is 0 Å². The summed E-state index contributed by atoms with van der Waals surface area (Å²) in [4.78, 5) is 0. The standard InChI is InChI=1S/2C8H17N/c2*1-2-7-3-4-8(5-7)6-9/h2*7-8H,2-6,9H2,1H3/t7-,8+;7-,8-/m10/s1. The predicted molar refractivity (Wildman–Crippen MR) is 80.4 cm³/mol. The zero-order chi connectivity index (χ0) is 13.4. The van der Waals surface area contributed by atoms with E-state index < -0.39 is 0 Å². The SMILES string of the molecule is CC[C@@H]1CC[C@H](CN)C1.CC[C@H]1CC[C@H](CN)C1. The molecule has 2 aliphatic carbocycles. The molecule has 0 bridgehead atoms. The molecule has 0 unspecified atom stereocenters. The van der Waals surface area contributed by atoms with Gasteiger partial charge in [0.05, 0.1) is 0 Å². The highest BCUT2D eigenvalue weighted by Gasteiger charge is 2.22. The van der Waals surface area contributed by atoms with Crippen molar-refractivity contribution in [2.75, 3.05) is 13.1 Å². The Bertz CT molecular complexity index is 163. The van der Waals surface area contributed by atoms with Crippen LogP contribution in [-0.4, -0.2) is 13.1 Å². The van der Waals surface area contributed by atoms with E-state index >= 15 is 0 Å². The summed E-state index contributed by atoms with van der Waals surface area (Å²) in [5, 5.41) is 0. The molecule has 2 nitrogen and oxygen atoms in total. The summed E-state index contributed by atoms with van der Waals surface area (Å²) >= 11 is 0. The fourth-order valence-corrected chi connectivity index (χ4v) is 3.53. The quantitative estimate of drug-likeness (QED) is 0.806. The van der Waals surface area contributed by atoms with Gasteiger partial charge in [-0.25, -0.2) is 0 Å². The van der Waals surface area contributed by atoms with E-state index in [1.807, 2.05) is 0 Å². The molecular formula is C16H34N2. The van der Waals surface area contributed by atoms with Gasteiger partial charge in [0.1, 0.15) is 0 Å². The zero-order valence-corrected chi connectivity index (χ0v) is 12.5. The summed E-state index contributed by atoms with van der Waals surface area (Å²) in [5.74, 6) is 3.71. The van der Waals surface area contributed by atoms with E-state index in [1.54, 1.807) is 0 Å². The van der Waals surface area contributed by atoms with E-state index in [9.17, 15) is 0 Å². The zero-order valence-electron chi connectivity index (χ0n) is 12.5. The lowest BCUT2D eigenvalue weighted by molar-refractivity contribution is 0.486. The third-order valence-electron chi connectivity index (χ3n) is 5.12. The van der Waals surface area contributed by atoms with Crippen molar-refractivity contribution in [3.05, 3.63) is 0 Å². The maximum atomic E-state index is 5.55. The van der Waals surface area contributed by atoms with Gasteiger partial charge < -0.3 is 11.5 Å². The molecule has 0 aromatic rings. The van der Waals surface area contributed by atoms with Crippen LogP contribution in [-0.2, 0) is 0 Å². The number of hydrogen-bond acceptors (Lipinski definition) is 2. The molecule has 0 saturated heterocycles. The van der Waals surface area contributed by atoms with Crippen LogP contribution in [0.5, 0.6) is 0 Å². The van der Waals surface area contributed by atoms with Gasteiger partial charge in [0, 0.05) is 0 Å². The van der Waals surface area contributed by atoms with Crippen molar-refractivity contribution < 1.29 is 0 Å². The first-order chi connectivity index (χ1) is 8.73. The Kier molecular flexibility index (Phi) is 7.92. The summed E-state index contributed by atoms with van der Waals surface area (Å²) in [7, 11) is 0. The van der Waals surface area contributed by atoms with E-state index in [2.05, 4.69) is 13.8 Å². The number of rotatable bonds is 4. The molecule has 0 spiro atoms. The van der Waals surface area contributed by atoms with Crippen LogP contribution in [0.1, 0.15) is 65.2 Å². The molecule has 4 N–H and O–H groups in total. The van der Waals surface area contributed by atoms with Gasteiger partial charge in [-0.2, -0.15) is 0 Å². The average molecular weight is 254 g/mol. The van der Waals surface area contributed by atoms with Crippen molar-refractivity contribution in [1.29, 1.82) is 0 Å². The molecule has 2 fully saturated rings. The summed E-state index contributed by atoms with van der Waals surface area (Å²) in [6, 6.07) is 0. The van der Waals surface area contributed by atoms with E-state index in [4.69, 9.17) is 11.5 Å². The molecule has 2 saturated carbocycles. The van der Waals surface area contributed by atoms with Gasteiger partial charge in [-0.15, -0.1) is 0 Å². The number of nitrogens with two attached hydrogens (primary N) is 2. The van der Waals surface area contributed by atoms with Crippen LogP contribution in [0.2, 0.25) is 0 Å². The highest BCUT2D eigenvalue weighted by atomic mass is 14.6. The minimum absolute atomic E-state index is 0.856. The van der Waals surface area contributed by atoms with Gasteiger partial charge >= 0.3 is 0 Å². The summed E-state index contributed by atoms with van der Waals surface area (Å²) in [6.45, 7) is 6.39. The summed E-state index contributed by atoms with van der Waals surface area (Å²) in [5.41, 5.74) is 11.1. The van der Waals surface area contributed by atoms with Crippen LogP contribution in [0, 0.1) is 23.7 Å². The van der Waals surface area contributed by atoms with Crippen LogP contribution >= 0.6 is 0 Å². The first kappa shape index (κ1) is 16.0. The summed E-state index contributed by atoms with van der Waals surface area (Å²) in [6.07, 6.45) is 11.1. The molecule has 2 aliphatic rings. The third kappa shape index (κ3) is 5.27. The van der Waals surface area contributed by atoms with Gasteiger partial charge in [-0.05, 0) is 62.4 Å². The Labute approximate surface area is 114 Å². The molecule has 0 aromatic carbocycles. The maximum Gasteiger partial charge on any atom is -0.00488 e. The molecular weight excluding hydrogens is 220 g/mol. The molecule has 0 heterocycles. The number of hydrogen-bond donors (Lipinski definition) is 2. The molecule has 2 heteroatoms. The Morgan fingerprint density at radius 2 is 1.00 bits per heavy atom. The summed E-state index contributed by atoms with van der Waals surface area (Å²) < 4.78 is 0. The molecule has 18 heavy (non-hydrogen) atoms. The average Bonchev–Trinajstić information content (AvgIpc) is 3.07. The monoisotopic (exact) mass is 254 g/mol. The lowest BCUT2D eigenvalue weighted by Crippen LogP contribution is -2.10. The largest absolute Gasteiger partial charge is 0.330 e. The highest BCUT2D eigenvalue weighted by Crippen LogP contribution is 2.32. The molecule has 0 aromatic heterocycles. The minimum atomic E-state index is 0.856. The van der Waals surface area contributed by atoms with Crippen LogP contribution in [0.25, 0.3) is 0 Å². The Morgan fingerprint density at radius 3 is 1.17 bits per heavy atom. The lowest BCUT2D eigenvalue weighted by atomic mass is 10.0.